The Morgan fingerprint density at radius 1 is 1.40 bits per heavy atom. The molecule has 1 aromatic carbocycles. The lowest BCUT2D eigenvalue weighted by molar-refractivity contribution is 0.422. The van der Waals surface area contributed by atoms with Gasteiger partial charge in [0.25, 0.3) is 0 Å². The zero-order valence-electron chi connectivity index (χ0n) is 7.71. The zero-order chi connectivity index (χ0) is 10.7. The lowest BCUT2D eigenvalue weighted by Crippen LogP contribution is -2.11. The molecule has 0 aliphatic heterocycles. The van der Waals surface area contributed by atoms with E-state index < -0.39 is 12.7 Å². The number of phenolic OH excluding ortho intramolecular Hbond substituents is 1. The molecule has 0 saturated heterocycles. The van der Waals surface area contributed by atoms with E-state index in [4.69, 9.17) is 5.73 Å². The quantitative estimate of drug-likeness (QED) is 0.684. The molecule has 0 radical (unpaired) electrons. The average Bonchev–Trinajstić information content (AvgIpc) is 2.11. The van der Waals surface area contributed by atoms with Crippen LogP contribution in [0.25, 0.3) is 0 Å². The summed E-state index contributed by atoms with van der Waals surface area (Å²) in [5, 5.41) is 9.71. The van der Waals surface area contributed by atoms with Gasteiger partial charge < -0.3 is 10.8 Å². The topological polar surface area (TPSA) is 46.2 Å². The number of benzene rings is 1. The van der Waals surface area contributed by atoms with Gasteiger partial charge in [0.05, 0.1) is 10.2 Å². The van der Waals surface area contributed by atoms with Crippen molar-refractivity contribution < 1.29 is 9.50 Å². The number of hydrogen-bond acceptors (Lipinski definition) is 2. The molecule has 1 atom stereocenters. The second kappa shape index (κ2) is 7.08. The molecular formula is C9H11ClFI2NO. The van der Waals surface area contributed by atoms with Gasteiger partial charge in [0.2, 0.25) is 0 Å². The number of phenols is 1. The first kappa shape index (κ1) is 15.7. The molecule has 0 aromatic heterocycles. The van der Waals surface area contributed by atoms with Crippen LogP contribution in [0, 0.1) is 7.14 Å². The molecule has 0 aliphatic carbocycles. The maximum absolute atomic E-state index is 12.1. The van der Waals surface area contributed by atoms with E-state index in [1.54, 1.807) is 6.07 Å². The van der Waals surface area contributed by atoms with Crippen LogP contribution in [0.15, 0.2) is 12.1 Å². The Kier molecular flexibility index (Phi) is 7.39. The van der Waals surface area contributed by atoms with Crippen molar-refractivity contribution in [1.82, 2.24) is 0 Å². The van der Waals surface area contributed by atoms with E-state index >= 15 is 0 Å². The Labute approximate surface area is 122 Å². The molecule has 1 aromatic rings. The van der Waals surface area contributed by atoms with Crippen LogP contribution in [0.2, 0.25) is 0 Å². The number of rotatable bonds is 3. The number of halogens is 4. The Morgan fingerprint density at radius 2 is 2.00 bits per heavy atom. The SMILES string of the molecule is Cl.N[C@H](CCF)c1cc(I)cc(I)c1O. The van der Waals surface area contributed by atoms with Crippen LogP contribution in [0.5, 0.6) is 5.75 Å². The van der Waals surface area contributed by atoms with Crippen molar-refractivity contribution in [3.05, 3.63) is 24.8 Å². The van der Waals surface area contributed by atoms with Gasteiger partial charge in [0.15, 0.2) is 0 Å². The van der Waals surface area contributed by atoms with Crippen LogP contribution in [0.3, 0.4) is 0 Å². The van der Waals surface area contributed by atoms with E-state index in [2.05, 4.69) is 22.6 Å². The first-order chi connectivity index (χ1) is 6.56. The Balaban J connectivity index is 0.00000196. The maximum Gasteiger partial charge on any atom is 0.133 e. The van der Waals surface area contributed by atoms with E-state index in [0.29, 0.717) is 5.56 Å². The molecule has 3 N–H and O–H groups in total. The lowest BCUT2D eigenvalue weighted by atomic mass is 10.0. The molecule has 0 unspecified atom stereocenters. The summed E-state index contributed by atoms with van der Waals surface area (Å²) in [4.78, 5) is 0. The summed E-state index contributed by atoms with van der Waals surface area (Å²) in [7, 11) is 0. The van der Waals surface area contributed by atoms with Gasteiger partial charge in [-0.15, -0.1) is 12.4 Å². The maximum atomic E-state index is 12.1. The number of aromatic hydroxyl groups is 1. The van der Waals surface area contributed by atoms with Crippen molar-refractivity contribution in [2.24, 2.45) is 5.73 Å². The highest BCUT2D eigenvalue weighted by molar-refractivity contribution is 14.1. The lowest BCUT2D eigenvalue weighted by Gasteiger charge is -2.13. The predicted octanol–water partition coefficient (Wildman–Crippen LogP) is 3.38. The molecule has 0 saturated carbocycles. The van der Waals surface area contributed by atoms with Crippen molar-refractivity contribution in [2.75, 3.05) is 6.67 Å². The summed E-state index contributed by atoms with van der Waals surface area (Å²) < 4.78 is 13.8. The second-order valence-corrected chi connectivity index (χ2v) is 5.32. The van der Waals surface area contributed by atoms with Gasteiger partial charge in [-0.05, 0) is 63.7 Å². The van der Waals surface area contributed by atoms with Crippen LogP contribution in [0.1, 0.15) is 18.0 Å². The van der Waals surface area contributed by atoms with Crippen molar-refractivity contribution in [3.8, 4) is 5.75 Å². The first-order valence-corrected chi connectivity index (χ1v) is 6.21. The number of hydrogen-bond donors (Lipinski definition) is 2. The molecule has 0 spiro atoms. The standard InChI is InChI=1S/C9H10FI2NO.ClH/c10-2-1-8(13)6-3-5(11)4-7(12)9(6)14;/h3-4,8,14H,1-2,13H2;1H/t8-;/m1./s1. The summed E-state index contributed by atoms with van der Waals surface area (Å²) in [6.07, 6.45) is 0.240. The van der Waals surface area contributed by atoms with Gasteiger partial charge >= 0.3 is 0 Å². The van der Waals surface area contributed by atoms with E-state index in [0.717, 1.165) is 7.14 Å². The minimum atomic E-state index is -0.470. The van der Waals surface area contributed by atoms with Crippen LogP contribution in [-0.2, 0) is 0 Å². The smallest absolute Gasteiger partial charge is 0.133 e. The normalized spacial score (nSPS) is 12.0. The summed E-state index contributed by atoms with van der Waals surface area (Å²) >= 11 is 4.18. The third-order valence-corrected chi connectivity index (χ3v) is 3.32. The van der Waals surface area contributed by atoms with Crippen molar-refractivity contribution >= 4 is 57.6 Å². The Morgan fingerprint density at radius 3 is 2.53 bits per heavy atom. The van der Waals surface area contributed by atoms with E-state index in [-0.39, 0.29) is 24.6 Å². The molecule has 1 rings (SSSR count). The zero-order valence-corrected chi connectivity index (χ0v) is 12.8. The Bertz CT molecular complexity index is 338. The fourth-order valence-corrected chi connectivity index (χ4v) is 3.03. The molecule has 15 heavy (non-hydrogen) atoms. The summed E-state index contributed by atoms with van der Waals surface area (Å²) in [6.45, 7) is -0.470. The molecule has 86 valence electrons. The molecule has 0 amide bonds. The summed E-state index contributed by atoms with van der Waals surface area (Å²) in [6, 6.07) is 3.21. The van der Waals surface area contributed by atoms with Gasteiger partial charge in [-0.1, -0.05) is 0 Å². The van der Waals surface area contributed by atoms with Gasteiger partial charge in [0, 0.05) is 15.2 Å². The minimum Gasteiger partial charge on any atom is -0.506 e. The molecule has 0 heterocycles. The predicted molar refractivity (Wildman–Crippen MR) is 78.3 cm³/mol. The van der Waals surface area contributed by atoms with Crippen LogP contribution >= 0.6 is 57.6 Å². The van der Waals surface area contributed by atoms with Crippen LogP contribution in [0.4, 0.5) is 4.39 Å². The molecule has 0 fully saturated rings. The van der Waals surface area contributed by atoms with Crippen molar-refractivity contribution in [1.29, 1.82) is 0 Å². The van der Waals surface area contributed by atoms with E-state index in [1.807, 2.05) is 28.7 Å². The fourth-order valence-electron chi connectivity index (χ4n) is 1.14. The number of alkyl halides is 1. The van der Waals surface area contributed by atoms with E-state index in [1.165, 1.54) is 0 Å². The monoisotopic (exact) mass is 457 g/mol. The van der Waals surface area contributed by atoms with Crippen molar-refractivity contribution in [3.63, 3.8) is 0 Å². The first-order valence-electron chi connectivity index (χ1n) is 4.05. The summed E-state index contributed by atoms with van der Waals surface area (Å²) in [5.74, 6) is 0.173. The van der Waals surface area contributed by atoms with Gasteiger partial charge in [-0.3, -0.25) is 4.39 Å². The highest BCUT2D eigenvalue weighted by Gasteiger charge is 2.13. The second-order valence-electron chi connectivity index (χ2n) is 2.91. The van der Waals surface area contributed by atoms with Gasteiger partial charge in [-0.25, -0.2) is 0 Å². The largest absolute Gasteiger partial charge is 0.506 e. The third kappa shape index (κ3) is 4.20. The molecule has 6 heteroatoms. The number of nitrogens with two attached hydrogens (primary N) is 1. The average molecular weight is 457 g/mol. The fraction of sp³-hybridized carbons (Fsp3) is 0.333. The summed E-state index contributed by atoms with van der Waals surface area (Å²) in [5.41, 5.74) is 6.36. The minimum absolute atomic E-state index is 0. The van der Waals surface area contributed by atoms with E-state index in [9.17, 15) is 9.50 Å². The highest BCUT2D eigenvalue weighted by atomic mass is 127. The van der Waals surface area contributed by atoms with Gasteiger partial charge in [0.1, 0.15) is 5.75 Å². The Hall–Kier alpha value is 0.660. The third-order valence-electron chi connectivity index (χ3n) is 1.88. The highest BCUT2D eigenvalue weighted by Crippen LogP contribution is 2.31. The van der Waals surface area contributed by atoms with Crippen LogP contribution in [-0.4, -0.2) is 11.8 Å². The molecule has 0 bridgehead atoms. The molecule has 2 nitrogen and oxygen atoms in total. The van der Waals surface area contributed by atoms with Crippen LogP contribution < -0.4 is 5.73 Å². The van der Waals surface area contributed by atoms with Gasteiger partial charge in [-0.2, -0.15) is 0 Å². The molecule has 0 aliphatic rings. The molecular weight excluding hydrogens is 446 g/mol. The van der Waals surface area contributed by atoms with Crippen molar-refractivity contribution in [2.45, 2.75) is 12.5 Å².